The Morgan fingerprint density at radius 2 is 2.11 bits per heavy atom. The van der Waals surface area contributed by atoms with Gasteiger partial charge in [0.15, 0.2) is 5.65 Å². The fraction of sp³-hybridized carbons (Fsp3) is 0.583. The number of anilines is 1. The molecule has 1 aliphatic rings. The Labute approximate surface area is 216 Å². The number of aromatic nitrogens is 5. The Hall–Kier alpha value is -2.24. The Bertz CT molecular complexity index is 1210. The van der Waals surface area contributed by atoms with E-state index in [1.165, 1.54) is 5.69 Å². The number of carbonyl (C=O) groups is 1. The number of hydrogen-bond donors (Lipinski definition) is 2. The SMILES string of the molecule is Cn1ncc2c1CCC(CC(C)(C)NC(=O)c1cn(COCC[Si](C)(C)C)c3ncc(Br)nc13)N2. The average molecular weight is 563 g/mol. The second kappa shape index (κ2) is 10.0. The molecule has 2 N–H and O–H groups in total. The summed E-state index contributed by atoms with van der Waals surface area (Å²) >= 11 is 3.40. The first-order chi connectivity index (χ1) is 16.4. The van der Waals surface area contributed by atoms with Crippen molar-refractivity contribution in [2.24, 2.45) is 7.05 Å². The first kappa shape index (κ1) is 25.8. The number of ether oxygens (including phenoxy) is 1. The molecule has 3 aromatic heterocycles. The number of amides is 1. The minimum atomic E-state index is -1.18. The molecule has 1 aliphatic heterocycles. The fourth-order valence-corrected chi connectivity index (χ4v) is 5.55. The summed E-state index contributed by atoms with van der Waals surface area (Å²) in [4.78, 5) is 22.5. The number of nitrogens with one attached hydrogen (secondary N) is 2. The summed E-state index contributed by atoms with van der Waals surface area (Å²) < 4.78 is 10.3. The molecule has 1 amide bonds. The highest BCUT2D eigenvalue weighted by Gasteiger charge is 2.30. The van der Waals surface area contributed by atoms with E-state index in [-0.39, 0.29) is 11.9 Å². The zero-order valence-electron chi connectivity index (χ0n) is 21.5. The van der Waals surface area contributed by atoms with E-state index in [1.54, 1.807) is 12.4 Å². The second-order valence-electron chi connectivity index (χ2n) is 11.3. The van der Waals surface area contributed by atoms with Crippen LogP contribution in [0, 0.1) is 0 Å². The predicted molar refractivity (Wildman–Crippen MR) is 144 cm³/mol. The van der Waals surface area contributed by atoms with Crippen LogP contribution >= 0.6 is 15.9 Å². The van der Waals surface area contributed by atoms with Crippen LogP contribution in [0.4, 0.5) is 5.69 Å². The quantitative estimate of drug-likeness (QED) is 0.293. The Balaban J connectivity index is 1.46. The summed E-state index contributed by atoms with van der Waals surface area (Å²) in [5.41, 5.74) is 3.60. The number of fused-ring (bicyclic) bond motifs is 2. The van der Waals surface area contributed by atoms with E-state index in [0.29, 0.717) is 34.7 Å². The summed E-state index contributed by atoms with van der Waals surface area (Å²) in [6, 6.07) is 1.35. The zero-order valence-corrected chi connectivity index (χ0v) is 24.1. The molecule has 0 radical (unpaired) electrons. The molecule has 0 saturated heterocycles. The lowest BCUT2D eigenvalue weighted by atomic mass is 9.90. The van der Waals surface area contributed by atoms with Gasteiger partial charge in [0.1, 0.15) is 16.9 Å². The van der Waals surface area contributed by atoms with Gasteiger partial charge in [0.2, 0.25) is 0 Å². The maximum Gasteiger partial charge on any atom is 0.255 e. The number of nitrogens with zero attached hydrogens (tertiary/aromatic N) is 5. The van der Waals surface area contributed by atoms with Gasteiger partial charge in [-0.2, -0.15) is 5.10 Å². The van der Waals surface area contributed by atoms with E-state index in [2.05, 4.69) is 75.1 Å². The summed E-state index contributed by atoms with van der Waals surface area (Å²) in [6.45, 7) is 12.1. The molecule has 0 aliphatic carbocycles. The van der Waals surface area contributed by atoms with Gasteiger partial charge in [-0.05, 0) is 55.1 Å². The number of hydrogen-bond acceptors (Lipinski definition) is 6. The van der Waals surface area contributed by atoms with E-state index in [4.69, 9.17) is 4.74 Å². The van der Waals surface area contributed by atoms with Crippen molar-refractivity contribution in [3.05, 3.63) is 34.5 Å². The van der Waals surface area contributed by atoms with Crippen molar-refractivity contribution in [1.29, 1.82) is 0 Å². The summed E-state index contributed by atoms with van der Waals surface area (Å²) in [6.07, 6.45) is 8.09. The van der Waals surface area contributed by atoms with Gasteiger partial charge >= 0.3 is 0 Å². The first-order valence-corrected chi connectivity index (χ1v) is 16.6. The van der Waals surface area contributed by atoms with Gasteiger partial charge in [-0.3, -0.25) is 9.48 Å². The summed E-state index contributed by atoms with van der Waals surface area (Å²) in [5.74, 6) is -0.161. The Morgan fingerprint density at radius 3 is 2.86 bits per heavy atom. The van der Waals surface area contributed by atoms with Gasteiger partial charge in [0.25, 0.3) is 5.91 Å². The van der Waals surface area contributed by atoms with Gasteiger partial charge in [-0.15, -0.1) is 0 Å². The lowest BCUT2D eigenvalue weighted by Gasteiger charge is -2.33. The lowest BCUT2D eigenvalue weighted by Crippen LogP contribution is -2.47. The van der Waals surface area contributed by atoms with E-state index in [9.17, 15) is 4.79 Å². The Morgan fingerprint density at radius 1 is 1.34 bits per heavy atom. The molecular weight excluding hydrogens is 526 g/mol. The van der Waals surface area contributed by atoms with Crippen molar-refractivity contribution in [3.63, 3.8) is 0 Å². The molecule has 4 heterocycles. The number of rotatable bonds is 9. The van der Waals surface area contributed by atoms with Gasteiger partial charge in [0, 0.05) is 39.5 Å². The van der Waals surface area contributed by atoms with Crippen LogP contribution in [0.1, 0.15) is 42.7 Å². The maximum atomic E-state index is 13.4. The van der Waals surface area contributed by atoms with Crippen molar-refractivity contribution in [2.75, 3.05) is 11.9 Å². The van der Waals surface area contributed by atoms with Crippen LogP contribution in [-0.4, -0.2) is 56.5 Å². The molecule has 0 saturated carbocycles. The average Bonchev–Trinajstić information content (AvgIpc) is 3.30. The normalized spacial score (nSPS) is 16.3. The summed E-state index contributed by atoms with van der Waals surface area (Å²) in [7, 11) is 0.797. The molecule has 3 aromatic rings. The molecule has 1 atom stereocenters. The highest BCUT2D eigenvalue weighted by Crippen LogP contribution is 2.28. The van der Waals surface area contributed by atoms with Crippen LogP contribution in [0.3, 0.4) is 0 Å². The standard InChI is InChI=1S/C24H36BrN7O2Si/c1-24(2,11-16-7-8-19-18(28-16)12-27-31(19)3)30-23(33)17-14-32(15-34-9-10-35(4,5)6)22-21(17)29-20(25)13-26-22/h12-14,16,28H,7-11,15H2,1-6H3,(H,30,33). The number of halogens is 1. The third-order valence-electron chi connectivity index (χ3n) is 6.37. The predicted octanol–water partition coefficient (Wildman–Crippen LogP) is 4.57. The smallest absolute Gasteiger partial charge is 0.255 e. The minimum Gasteiger partial charge on any atom is -0.379 e. The highest BCUT2D eigenvalue weighted by atomic mass is 79.9. The third-order valence-corrected chi connectivity index (χ3v) is 8.45. The van der Waals surface area contributed by atoms with Crippen LogP contribution in [0.2, 0.25) is 25.7 Å². The molecule has 0 fully saturated rings. The molecule has 0 aromatic carbocycles. The van der Waals surface area contributed by atoms with Gasteiger partial charge in [-0.25, -0.2) is 9.97 Å². The van der Waals surface area contributed by atoms with Crippen molar-refractivity contribution < 1.29 is 9.53 Å². The van der Waals surface area contributed by atoms with Gasteiger partial charge in [0.05, 0.1) is 29.3 Å². The van der Waals surface area contributed by atoms with E-state index in [1.807, 2.05) is 22.5 Å². The van der Waals surface area contributed by atoms with E-state index in [0.717, 1.165) is 31.0 Å². The molecule has 1 unspecified atom stereocenters. The zero-order chi connectivity index (χ0) is 25.4. The molecule has 0 bridgehead atoms. The molecular formula is C24H36BrN7O2Si. The summed E-state index contributed by atoms with van der Waals surface area (Å²) in [5, 5.41) is 11.2. The highest BCUT2D eigenvalue weighted by molar-refractivity contribution is 9.10. The molecule has 4 rings (SSSR count). The first-order valence-electron chi connectivity index (χ1n) is 12.1. The van der Waals surface area contributed by atoms with Gasteiger partial charge in [-0.1, -0.05) is 19.6 Å². The largest absolute Gasteiger partial charge is 0.379 e. The second-order valence-corrected chi connectivity index (χ2v) is 17.7. The van der Waals surface area contributed by atoms with Crippen LogP contribution < -0.4 is 10.6 Å². The molecule has 190 valence electrons. The van der Waals surface area contributed by atoms with Crippen molar-refractivity contribution in [3.8, 4) is 0 Å². The van der Waals surface area contributed by atoms with Crippen LogP contribution in [-0.2, 0) is 24.9 Å². The van der Waals surface area contributed by atoms with Crippen LogP contribution in [0.5, 0.6) is 0 Å². The van der Waals surface area contributed by atoms with Gasteiger partial charge < -0.3 is 19.9 Å². The van der Waals surface area contributed by atoms with Crippen LogP contribution in [0.25, 0.3) is 11.2 Å². The number of carbonyl (C=O) groups excluding carboxylic acids is 1. The molecule has 11 heteroatoms. The topological polar surface area (TPSA) is 98.9 Å². The monoisotopic (exact) mass is 561 g/mol. The number of aryl methyl sites for hydroxylation is 1. The van der Waals surface area contributed by atoms with Crippen molar-refractivity contribution in [2.45, 2.75) is 77.1 Å². The van der Waals surface area contributed by atoms with E-state index < -0.39 is 13.6 Å². The lowest BCUT2D eigenvalue weighted by molar-refractivity contribution is 0.0882. The van der Waals surface area contributed by atoms with Crippen LogP contribution in [0.15, 0.2) is 23.2 Å². The van der Waals surface area contributed by atoms with Crippen molar-refractivity contribution >= 4 is 46.8 Å². The maximum absolute atomic E-state index is 13.4. The Kier molecular flexibility index (Phi) is 7.40. The third kappa shape index (κ3) is 6.31. The van der Waals surface area contributed by atoms with Crippen molar-refractivity contribution in [1.82, 2.24) is 29.6 Å². The molecule has 35 heavy (non-hydrogen) atoms. The molecule has 9 nitrogen and oxygen atoms in total. The minimum absolute atomic E-state index is 0.161. The van der Waals surface area contributed by atoms with E-state index >= 15 is 0 Å². The fourth-order valence-electron chi connectivity index (χ4n) is 4.51. The molecule has 0 spiro atoms.